The van der Waals surface area contributed by atoms with Crippen molar-refractivity contribution in [2.24, 2.45) is 5.92 Å². The number of rotatable bonds is 3. The van der Waals surface area contributed by atoms with E-state index in [4.69, 9.17) is 0 Å². The molecule has 3 aliphatic heterocycles. The van der Waals surface area contributed by atoms with Crippen LogP contribution in [0.3, 0.4) is 0 Å². The second-order valence-electron chi connectivity index (χ2n) is 7.07. The third-order valence-corrected chi connectivity index (χ3v) is 5.45. The number of nitrogens with zero attached hydrogens (tertiary/aromatic N) is 2. The summed E-state index contributed by atoms with van der Waals surface area (Å²) in [4.78, 5) is 17.5. The van der Waals surface area contributed by atoms with Gasteiger partial charge in [0.15, 0.2) is 0 Å². The van der Waals surface area contributed by atoms with Gasteiger partial charge >= 0.3 is 0 Å². The number of hydrogen-bond acceptors (Lipinski definition) is 3. The molecule has 0 aromatic rings. The van der Waals surface area contributed by atoms with E-state index in [2.05, 4.69) is 35.9 Å². The Morgan fingerprint density at radius 3 is 2.75 bits per heavy atom. The highest BCUT2D eigenvalue weighted by Crippen LogP contribution is 2.33. The van der Waals surface area contributed by atoms with Gasteiger partial charge in [0.2, 0.25) is 5.91 Å². The molecule has 1 N–H and O–H groups in total. The molecule has 0 bridgehead atoms. The maximum atomic E-state index is 12.7. The molecule has 4 nitrogen and oxygen atoms in total. The fourth-order valence-corrected chi connectivity index (χ4v) is 4.34. The van der Waals surface area contributed by atoms with Crippen molar-refractivity contribution >= 4 is 5.91 Å². The number of carbonyl (C=O) groups excluding carboxylic acids is 1. The van der Waals surface area contributed by atoms with Crippen molar-refractivity contribution in [3.05, 3.63) is 0 Å². The molecule has 3 heterocycles. The van der Waals surface area contributed by atoms with Gasteiger partial charge in [0.1, 0.15) is 0 Å². The lowest BCUT2D eigenvalue weighted by atomic mass is 9.95. The van der Waals surface area contributed by atoms with Gasteiger partial charge in [-0.1, -0.05) is 20.8 Å². The molecule has 114 valence electrons. The van der Waals surface area contributed by atoms with Crippen LogP contribution in [0, 0.1) is 5.92 Å². The van der Waals surface area contributed by atoms with Crippen molar-refractivity contribution < 1.29 is 4.79 Å². The Morgan fingerprint density at radius 2 is 2.05 bits per heavy atom. The number of hydrogen-bond donors (Lipinski definition) is 1. The van der Waals surface area contributed by atoms with Crippen LogP contribution < -0.4 is 5.32 Å². The fraction of sp³-hybridized carbons (Fsp3) is 0.938. The molecule has 0 aliphatic carbocycles. The van der Waals surface area contributed by atoms with Crippen molar-refractivity contribution in [2.45, 2.75) is 77.2 Å². The van der Waals surface area contributed by atoms with Gasteiger partial charge in [0.05, 0.1) is 12.2 Å². The Labute approximate surface area is 122 Å². The Bertz CT molecular complexity index is 371. The molecular weight excluding hydrogens is 250 g/mol. The van der Waals surface area contributed by atoms with Crippen LogP contribution in [0.1, 0.15) is 52.9 Å². The van der Waals surface area contributed by atoms with Crippen LogP contribution in [0.2, 0.25) is 0 Å². The highest BCUT2D eigenvalue weighted by Gasteiger charge is 2.45. The normalized spacial score (nSPS) is 38.8. The molecule has 20 heavy (non-hydrogen) atoms. The lowest BCUT2D eigenvalue weighted by Gasteiger charge is -2.42. The van der Waals surface area contributed by atoms with Crippen molar-refractivity contribution in [3.8, 4) is 0 Å². The molecule has 4 unspecified atom stereocenters. The third-order valence-electron chi connectivity index (χ3n) is 5.45. The largest absolute Gasteiger partial charge is 0.322 e. The minimum Gasteiger partial charge on any atom is -0.322 e. The number of carbonyl (C=O) groups is 1. The molecule has 0 saturated carbocycles. The second-order valence-corrected chi connectivity index (χ2v) is 7.07. The van der Waals surface area contributed by atoms with E-state index < -0.39 is 0 Å². The van der Waals surface area contributed by atoms with Gasteiger partial charge in [0.25, 0.3) is 0 Å². The zero-order valence-electron chi connectivity index (χ0n) is 13.1. The molecular formula is C16H29N3O. The third kappa shape index (κ3) is 2.37. The highest BCUT2D eigenvalue weighted by atomic mass is 16.2. The van der Waals surface area contributed by atoms with E-state index in [0.717, 1.165) is 18.9 Å². The van der Waals surface area contributed by atoms with E-state index >= 15 is 0 Å². The first-order valence-corrected chi connectivity index (χ1v) is 8.44. The molecule has 0 radical (unpaired) electrons. The number of nitrogens with one attached hydrogen (secondary N) is 1. The summed E-state index contributed by atoms with van der Waals surface area (Å²) in [5, 5.41) is 3.56. The van der Waals surface area contributed by atoms with Crippen LogP contribution >= 0.6 is 0 Å². The zero-order chi connectivity index (χ0) is 14.3. The molecule has 3 aliphatic rings. The number of piperidine rings is 1. The predicted octanol–water partition coefficient (Wildman–Crippen LogP) is 1.81. The van der Waals surface area contributed by atoms with Crippen molar-refractivity contribution in [2.75, 3.05) is 13.1 Å². The van der Waals surface area contributed by atoms with Gasteiger partial charge in [-0.05, 0) is 44.6 Å². The van der Waals surface area contributed by atoms with E-state index in [0.29, 0.717) is 17.9 Å². The first kappa shape index (κ1) is 14.3. The van der Waals surface area contributed by atoms with Crippen molar-refractivity contribution in [1.29, 1.82) is 0 Å². The van der Waals surface area contributed by atoms with Gasteiger partial charge < -0.3 is 9.80 Å². The average Bonchev–Trinajstić information content (AvgIpc) is 3.01. The summed E-state index contributed by atoms with van der Waals surface area (Å²) in [6.07, 6.45) is 6.16. The van der Waals surface area contributed by atoms with Crippen molar-refractivity contribution in [1.82, 2.24) is 15.1 Å². The van der Waals surface area contributed by atoms with Gasteiger partial charge in [0, 0.05) is 18.6 Å². The summed E-state index contributed by atoms with van der Waals surface area (Å²) < 4.78 is 0. The Morgan fingerprint density at radius 1 is 1.25 bits per heavy atom. The zero-order valence-corrected chi connectivity index (χ0v) is 13.1. The lowest BCUT2D eigenvalue weighted by Crippen LogP contribution is -2.53. The fourth-order valence-electron chi connectivity index (χ4n) is 4.34. The second kappa shape index (κ2) is 5.64. The number of fused-ring (bicyclic) bond motifs is 1. The van der Waals surface area contributed by atoms with Gasteiger partial charge in [-0.2, -0.15) is 0 Å². The van der Waals surface area contributed by atoms with E-state index in [-0.39, 0.29) is 12.2 Å². The van der Waals surface area contributed by atoms with Crippen LogP contribution in [-0.4, -0.2) is 53.1 Å². The Kier molecular flexibility index (Phi) is 4.04. The summed E-state index contributed by atoms with van der Waals surface area (Å²) >= 11 is 0. The minimum absolute atomic E-state index is 0.0454. The molecule has 1 amide bonds. The summed E-state index contributed by atoms with van der Waals surface area (Å²) in [7, 11) is 0. The van der Waals surface area contributed by atoms with E-state index in [1.807, 2.05) is 0 Å². The van der Waals surface area contributed by atoms with Crippen LogP contribution in [-0.2, 0) is 4.79 Å². The van der Waals surface area contributed by atoms with Gasteiger partial charge in [-0.25, -0.2) is 0 Å². The topological polar surface area (TPSA) is 35.6 Å². The lowest BCUT2D eigenvalue weighted by molar-refractivity contribution is -0.134. The monoisotopic (exact) mass is 279 g/mol. The Balaban J connectivity index is 1.74. The smallest absolute Gasteiger partial charge is 0.241 e. The van der Waals surface area contributed by atoms with Gasteiger partial charge in [-0.15, -0.1) is 0 Å². The molecule has 3 saturated heterocycles. The van der Waals surface area contributed by atoms with Crippen LogP contribution in [0.15, 0.2) is 0 Å². The van der Waals surface area contributed by atoms with Crippen molar-refractivity contribution in [3.63, 3.8) is 0 Å². The average molecular weight is 279 g/mol. The maximum absolute atomic E-state index is 12.7. The SMILES string of the molecule is CCC1NC(C(C)C)N(C2CCN3CCCC3C2)C1=O. The molecule has 3 rings (SSSR count). The van der Waals surface area contributed by atoms with Crippen LogP contribution in [0.4, 0.5) is 0 Å². The molecule has 0 aromatic heterocycles. The maximum Gasteiger partial charge on any atom is 0.241 e. The highest BCUT2D eigenvalue weighted by molar-refractivity contribution is 5.84. The first-order valence-electron chi connectivity index (χ1n) is 8.44. The molecule has 4 heteroatoms. The Hall–Kier alpha value is -0.610. The first-order chi connectivity index (χ1) is 9.61. The summed E-state index contributed by atoms with van der Waals surface area (Å²) in [5.41, 5.74) is 0. The summed E-state index contributed by atoms with van der Waals surface area (Å²) in [6, 6.07) is 1.23. The molecule has 4 atom stereocenters. The van der Waals surface area contributed by atoms with Gasteiger partial charge in [-0.3, -0.25) is 10.1 Å². The molecule has 0 aromatic carbocycles. The summed E-state index contributed by atoms with van der Waals surface area (Å²) in [5.74, 6) is 0.833. The summed E-state index contributed by atoms with van der Waals surface area (Å²) in [6.45, 7) is 9.01. The van der Waals surface area contributed by atoms with E-state index in [1.165, 1.54) is 32.4 Å². The predicted molar refractivity (Wildman–Crippen MR) is 80.3 cm³/mol. The number of amides is 1. The van der Waals surface area contributed by atoms with Crippen LogP contribution in [0.25, 0.3) is 0 Å². The van der Waals surface area contributed by atoms with E-state index in [9.17, 15) is 4.79 Å². The minimum atomic E-state index is 0.0454. The molecule has 0 spiro atoms. The quantitative estimate of drug-likeness (QED) is 0.856. The van der Waals surface area contributed by atoms with E-state index in [1.54, 1.807) is 0 Å². The molecule has 3 fully saturated rings. The standard InChI is InChI=1S/C16H29N3O/c1-4-14-16(20)19(15(17-14)11(2)3)13-7-9-18-8-5-6-12(18)10-13/h11-15,17H,4-10H2,1-3H3. The van der Waals surface area contributed by atoms with Crippen LogP contribution in [0.5, 0.6) is 0 Å².